The predicted molar refractivity (Wildman–Crippen MR) is 82.9 cm³/mol. The van der Waals surface area contributed by atoms with Crippen molar-refractivity contribution in [2.75, 3.05) is 19.0 Å². The molecule has 1 aromatic heterocycles. The van der Waals surface area contributed by atoms with Crippen LogP contribution in [0.4, 0.5) is 10.5 Å². The van der Waals surface area contributed by atoms with E-state index < -0.39 is 0 Å². The van der Waals surface area contributed by atoms with Crippen LogP contribution < -0.4 is 10.1 Å². The van der Waals surface area contributed by atoms with Crippen LogP contribution in [-0.2, 0) is 13.0 Å². The number of amides is 2. The van der Waals surface area contributed by atoms with Crippen LogP contribution in [0.15, 0.2) is 30.5 Å². The second kappa shape index (κ2) is 6.01. The molecular weight excluding hydrogens is 280 g/mol. The molecule has 1 N–H and O–H groups in total. The Bertz CT molecular complexity index is 702. The average molecular weight is 298 g/mol. The van der Waals surface area contributed by atoms with Gasteiger partial charge in [-0.05, 0) is 19.1 Å². The molecule has 6 nitrogen and oxygen atoms in total. The van der Waals surface area contributed by atoms with Crippen molar-refractivity contribution >= 4 is 11.7 Å². The fourth-order valence-corrected chi connectivity index (χ4v) is 2.49. The van der Waals surface area contributed by atoms with Crippen molar-refractivity contribution in [2.24, 2.45) is 0 Å². The number of urea groups is 1. The molecule has 3 rings (SSSR count). The quantitative estimate of drug-likeness (QED) is 0.924. The number of fused-ring (bicyclic) bond motifs is 1. The van der Waals surface area contributed by atoms with Crippen molar-refractivity contribution in [1.82, 2.24) is 14.9 Å². The highest BCUT2D eigenvalue weighted by atomic mass is 16.5. The van der Waals surface area contributed by atoms with Crippen molar-refractivity contribution in [2.45, 2.75) is 19.9 Å². The van der Waals surface area contributed by atoms with Crippen molar-refractivity contribution in [1.29, 1.82) is 0 Å². The monoisotopic (exact) mass is 298 g/mol. The fraction of sp³-hybridized carbons (Fsp3) is 0.312. The summed E-state index contributed by atoms with van der Waals surface area (Å²) in [5.41, 5.74) is 2.77. The molecule has 2 heterocycles. The second-order valence-electron chi connectivity index (χ2n) is 5.22. The topological polar surface area (TPSA) is 67.3 Å². The smallest absolute Gasteiger partial charge is 0.322 e. The number of hydrogen-bond donors (Lipinski definition) is 1. The number of nitrogens with one attached hydrogen (secondary N) is 1. The highest BCUT2D eigenvalue weighted by Gasteiger charge is 2.22. The molecule has 1 aliphatic rings. The highest BCUT2D eigenvalue weighted by Crippen LogP contribution is 2.20. The van der Waals surface area contributed by atoms with Gasteiger partial charge in [-0.3, -0.25) is 0 Å². The molecule has 1 aliphatic heterocycles. The van der Waals surface area contributed by atoms with Gasteiger partial charge in [0.1, 0.15) is 11.6 Å². The number of ether oxygens (including phenoxy) is 1. The summed E-state index contributed by atoms with van der Waals surface area (Å²) in [7, 11) is 1.60. The van der Waals surface area contributed by atoms with Crippen LogP contribution in [0.5, 0.6) is 5.75 Å². The van der Waals surface area contributed by atoms with Crippen molar-refractivity contribution in [3.63, 3.8) is 0 Å². The fourth-order valence-electron chi connectivity index (χ4n) is 2.49. The Kier molecular flexibility index (Phi) is 3.91. The summed E-state index contributed by atoms with van der Waals surface area (Å²) in [6.45, 7) is 3.06. The van der Waals surface area contributed by atoms with Crippen LogP contribution in [0.25, 0.3) is 0 Å². The molecule has 0 saturated heterocycles. The van der Waals surface area contributed by atoms with E-state index in [0.717, 1.165) is 29.2 Å². The molecule has 22 heavy (non-hydrogen) atoms. The Morgan fingerprint density at radius 3 is 3.09 bits per heavy atom. The summed E-state index contributed by atoms with van der Waals surface area (Å²) in [5, 5.41) is 2.89. The third-order valence-electron chi connectivity index (χ3n) is 3.66. The number of benzene rings is 1. The van der Waals surface area contributed by atoms with Gasteiger partial charge in [0.15, 0.2) is 0 Å². The first kappa shape index (κ1) is 14.3. The molecule has 2 amide bonds. The molecule has 0 aliphatic carbocycles. The lowest BCUT2D eigenvalue weighted by Gasteiger charge is -2.28. The third-order valence-corrected chi connectivity index (χ3v) is 3.66. The molecule has 0 atom stereocenters. The van der Waals surface area contributed by atoms with E-state index >= 15 is 0 Å². The van der Waals surface area contributed by atoms with E-state index in [4.69, 9.17) is 4.74 Å². The molecular formula is C16H18N4O2. The predicted octanol–water partition coefficient (Wildman–Crippen LogP) is 2.38. The molecule has 114 valence electrons. The summed E-state index contributed by atoms with van der Waals surface area (Å²) in [5.74, 6) is 1.48. The van der Waals surface area contributed by atoms with E-state index in [2.05, 4.69) is 15.3 Å². The zero-order valence-electron chi connectivity index (χ0n) is 12.7. The van der Waals surface area contributed by atoms with Crippen molar-refractivity contribution < 1.29 is 9.53 Å². The van der Waals surface area contributed by atoms with Crippen LogP contribution in [0, 0.1) is 6.92 Å². The Balaban J connectivity index is 1.69. The first-order valence-electron chi connectivity index (χ1n) is 7.17. The summed E-state index contributed by atoms with van der Waals surface area (Å²) < 4.78 is 5.16. The minimum atomic E-state index is -0.125. The number of aryl methyl sites for hydroxylation is 1. The number of rotatable bonds is 2. The van der Waals surface area contributed by atoms with Gasteiger partial charge in [-0.1, -0.05) is 6.07 Å². The normalized spacial score (nSPS) is 13.5. The van der Waals surface area contributed by atoms with Crippen LogP contribution in [0.2, 0.25) is 0 Å². The maximum atomic E-state index is 12.4. The van der Waals surface area contributed by atoms with Crippen molar-refractivity contribution in [3.8, 4) is 5.75 Å². The standard InChI is InChI=1S/C16H18N4O2/c1-11-17-9-12-10-20(7-6-15(12)18-11)16(21)19-13-4-3-5-14(8-13)22-2/h3-5,8-9H,6-7,10H2,1-2H3,(H,19,21). The Hall–Kier alpha value is -2.63. The maximum Gasteiger partial charge on any atom is 0.322 e. The Labute approximate surface area is 129 Å². The molecule has 0 spiro atoms. The number of nitrogens with zero attached hydrogens (tertiary/aromatic N) is 3. The van der Waals surface area contributed by atoms with Gasteiger partial charge in [-0.25, -0.2) is 14.8 Å². The van der Waals surface area contributed by atoms with Gasteiger partial charge in [0, 0.05) is 36.5 Å². The average Bonchev–Trinajstić information content (AvgIpc) is 2.54. The first-order valence-corrected chi connectivity index (χ1v) is 7.17. The van der Waals surface area contributed by atoms with E-state index in [1.54, 1.807) is 18.1 Å². The highest BCUT2D eigenvalue weighted by molar-refractivity contribution is 5.89. The van der Waals surface area contributed by atoms with E-state index in [0.29, 0.717) is 18.8 Å². The van der Waals surface area contributed by atoms with Crippen LogP contribution >= 0.6 is 0 Å². The molecule has 0 unspecified atom stereocenters. The van der Waals surface area contributed by atoms with Gasteiger partial charge < -0.3 is 15.0 Å². The molecule has 2 aromatic rings. The van der Waals surface area contributed by atoms with Gasteiger partial charge in [0.25, 0.3) is 0 Å². The van der Waals surface area contributed by atoms with Crippen LogP contribution in [0.1, 0.15) is 17.1 Å². The molecule has 0 bridgehead atoms. The lowest BCUT2D eigenvalue weighted by molar-refractivity contribution is 0.205. The maximum absolute atomic E-state index is 12.4. The van der Waals surface area contributed by atoms with Crippen LogP contribution in [-0.4, -0.2) is 34.6 Å². The van der Waals surface area contributed by atoms with Crippen LogP contribution in [0.3, 0.4) is 0 Å². The summed E-state index contributed by atoms with van der Waals surface area (Å²) in [4.78, 5) is 22.8. The zero-order chi connectivity index (χ0) is 15.5. The molecule has 0 fully saturated rings. The molecule has 6 heteroatoms. The summed E-state index contributed by atoms with van der Waals surface area (Å²) in [6.07, 6.45) is 2.56. The van der Waals surface area contributed by atoms with Gasteiger partial charge >= 0.3 is 6.03 Å². The van der Waals surface area contributed by atoms with E-state index in [9.17, 15) is 4.79 Å². The van der Waals surface area contributed by atoms with Gasteiger partial charge in [0.2, 0.25) is 0 Å². The number of carbonyl (C=O) groups is 1. The number of methoxy groups -OCH3 is 1. The number of hydrogen-bond acceptors (Lipinski definition) is 4. The summed E-state index contributed by atoms with van der Waals surface area (Å²) in [6, 6.07) is 7.19. The van der Waals surface area contributed by atoms with Crippen molar-refractivity contribution in [3.05, 3.63) is 47.5 Å². The minimum Gasteiger partial charge on any atom is -0.497 e. The Morgan fingerprint density at radius 1 is 1.41 bits per heavy atom. The van der Waals surface area contributed by atoms with Gasteiger partial charge in [0.05, 0.1) is 19.3 Å². The van der Waals surface area contributed by atoms with E-state index in [-0.39, 0.29) is 6.03 Å². The van der Waals surface area contributed by atoms with Gasteiger partial charge in [-0.2, -0.15) is 0 Å². The van der Waals surface area contributed by atoms with E-state index in [1.165, 1.54) is 0 Å². The molecule has 0 saturated carbocycles. The summed E-state index contributed by atoms with van der Waals surface area (Å²) >= 11 is 0. The number of anilines is 1. The SMILES string of the molecule is COc1cccc(NC(=O)N2CCc3nc(C)ncc3C2)c1. The van der Waals surface area contributed by atoms with Gasteiger partial charge in [-0.15, -0.1) is 0 Å². The third kappa shape index (κ3) is 3.00. The Morgan fingerprint density at radius 2 is 2.27 bits per heavy atom. The first-order chi connectivity index (χ1) is 10.7. The number of carbonyl (C=O) groups excluding carboxylic acids is 1. The number of aromatic nitrogens is 2. The second-order valence-corrected chi connectivity index (χ2v) is 5.22. The lowest BCUT2D eigenvalue weighted by atomic mass is 10.1. The lowest BCUT2D eigenvalue weighted by Crippen LogP contribution is -2.39. The zero-order valence-corrected chi connectivity index (χ0v) is 12.7. The molecule has 1 aromatic carbocycles. The molecule has 0 radical (unpaired) electrons. The van der Waals surface area contributed by atoms with E-state index in [1.807, 2.05) is 31.3 Å². The minimum absolute atomic E-state index is 0.125. The largest absolute Gasteiger partial charge is 0.497 e.